The molecule has 0 aromatic heterocycles. The van der Waals surface area contributed by atoms with Crippen LogP contribution in [0, 0.1) is 0 Å². The topological polar surface area (TPSA) is 47.6 Å². The molecule has 0 aliphatic rings. The Morgan fingerprint density at radius 1 is 1.20 bits per heavy atom. The van der Waals surface area contributed by atoms with Gasteiger partial charge < -0.3 is 14.8 Å². The molecule has 20 heavy (non-hydrogen) atoms. The van der Waals surface area contributed by atoms with Crippen molar-refractivity contribution in [1.82, 2.24) is 5.32 Å². The number of carbonyl (C=O) groups excluding carboxylic acids is 1. The number of carbonyl (C=O) groups is 1. The molecule has 1 rings (SSSR count). The van der Waals surface area contributed by atoms with Crippen LogP contribution in [-0.4, -0.2) is 26.7 Å². The summed E-state index contributed by atoms with van der Waals surface area (Å²) in [6.07, 6.45) is 6.60. The standard InChI is InChI=1S/C16H23NO3/c1-4-5-6-11-17-16(18)10-8-13-7-9-14(19-2)15(12-13)20-3/h7-10,12H,4-6,11H2,1-3H3,(H,17,18). The molecule has 0 aliphatic heterocycles. The minimum Gasteiger partial charge on any atom is -0.493 e. The van der Waals surface area contributed by atoms with Crippen molar-refractivity contribution < 1.29 is 14.3 Å². The number of hydrogen-bond acceptors (Lipinski definition) is 3. The van der Waals surface area contributed by atoms with E-state index >= 15 is 0 Å². The summed E-state index contributed by atoms with van der Waals surface area (Å²) in [5.41, 5.74) is 0.895. The molecule has 0 atom stereocenters. The highest BCUT2D eigenvalue weighted by molar-refractivity contribution is 5.91. The van der Waals surface area contributed by atoms with Crippen molar-refractivity contribution in [2.24, 2.45) is 0 Å². The molecule has 0 heterocycles. The molecular formula is C16H23NO3. The van der Waals surface area contributed by atoms with Gasteiger partial charge in [-0.1, -0.05) is 25.8 Å². The molecular weight excluding hydrogens is 254 g/mol. The van der Waals surface area contributed by atoms with Crippen molar-refractivity contribution in [2.75, 3.05) is 20.8 Å². The number of benzene rings is 1. The molecule has 0 saturated heterocycles. The number of unbranched alkanes of at least 4 members (excludes halogenated alkanes) is 2. The summed E-state index contributed by atoms with van der Waals surface area (Å²) < 4.78 is 10.4. The van der Waals surface area contributed by atoms with Gasteiger partial charge in [0, 0.05) is 12.6 Å². The lowest BCUT2D eigenvalue weighted by Gasteiger charge is -2.07. The Morgan fingerprint density at radius 2 is 1.95 bits per heavy atom. The monoisotopic (exact) mass is 277 g/mol. The van der Waals surface area contributed by atoms with E-state index < -0.39 is 0 Å². The summed E-state index contributed by atoms with van der Waals surface area (Å²) in [5, 5.41) is 2.86. The Kier molecular flexibility index (Phi) is 7.25. The smallest absolute Gasteiger partial charge is 0.243 e. The lowest BCUT2D eigenvalue weighted by Crippen LogP contribution is -2.21. The first-order valence-corrected chi connectivity index (χ1v) is 6.89. The van der Waals surface area contributed by atoms with Crippen LogP contribution in [0.15, 0.2) is 24.3 Å². The van der Waals surface area contributed by atoms with E-state index in [0.29, 0.717) is 11.5 Å². The van der Waals surface area contributed by atoms with Gasteiger partial charge in [0.1, 0.15) is 0 Å². The van der Waals surface area contributed by atoms with Gasteiger partial charge in [0.25, 0.3) is 0 Å². The molecule has 1 N–H and O–H groups in total. The predicted molar refractivity (Wildman–Crippen MR) is 81.1 cm³/mol. The molecule has 0 radical (unpaired) electrons. The van der Waals surface area contributed by atoms with Crippen LogP contribution in [-0.2, 0) is 4.79 Å². The number of rotatable bonds is 8. The molecule has 0 fully saturated rings. The lowest BCUT2D eigenvalue weighted by atomic mass is 10.2. The molecule has 110 valence electrons. The van der Waals surface area contributed by atoms with Crippen molar-refractivity contribution in [3.8, 4) is 11.5 Å². The van der Waals surface area contributed by atoms with Crippen LogP contribution in [0.4, 0.5) is 0 Å². The van der Waals surface area contributed by atoms with E-state index in [1.807, 2.05) is 18.2 Å². The molecule has 0 unspecified atom stereocenters. The van der Waals surface area contributed by atoms with Crippen LogP contribution in [0.2, 0.25) is 0 Å². The third kappa shape index (κ3) is 5.34. The summed E-state index contributed by atoms with van der Waals surface area (Å²) in [6, 6.07) is 5.53. The average molecular weight is 277 g/mol. The summed E-state index contributed by atoms with van der Waals surface area (Å²) in [5.74, 6) is 1.25. The molecule has 0 saturated carbocycles. The van der Waals surface area contributed by atoms with Gasteiger partial charge >= 0.3 is 0 Å². The minimum atomic E-state index is -0.0733. The van der Waals surface area contributed by atoms with Crippen LogP contribution >= 0.6 is 0 Å². The van der Waals surface area contributed by atoms with Crippen molar-refractivity contribution in [3.63, 3.8) is 0 Å². The summed E-state index contributed by atoms with van der Waals surface area (Å²) in [7, 11) is 3.18. The van der Waals surface area contributed by atoms with E-state index in [2.05, 4.69) is 12.2 Å². The highest BCUT2D eigenvalue weighted by Crippen LogP contribution is 2.27. The lowest BCUT2D eigenvalue weighted by molar-refractivity contribution is -0.116. The number of methoxy groups -OCH3 is 2. The molecule has 0 bridgehead atoms. The molecule has 4 nitrogen and oxygen atoms in total. The minimum absolute atomic E-state index is 0.0733. The second kappa shape index (κ2) is 9.02. The third-order valence-corrected chi connectivity index (χ3v) is 2.91. The second-order valence-corrected chi connectivity index (χ2v) is 4.45. The third-order valence-electron chi connectivity index (χ3n) is 2.91. The van der Waals surface area contributed by atoms with Gasteiger partial charge in [-0.15, -0.1) is 0 Å². The molecule has 1 aromatic rings. The zero-order valence-electron chi connectivity index (χ0n) is 12.4. The summed E-state index contributed by atoms with van der Waals surface area (Å²) in [6.45, 7) is 2.86. The summed E-state index contributed by atoms with van der Waals surface area (Å²) in [4.78, 5) is 11.6. The Hall–Kier alpha value is -1.97. The van der Waals surface area contributed by atoms with Gasteiger partial charge in [-0.25, -0.2) is 0 Å². The first-order valence-electron chi connectivity index (χ1n) is 6.89. The second-order valence-electron chi connectivity index (χ2n) is 4.45. The van der Waals surface area contributed by atoms with Gasteiger partial charge in [0.05, 0.1) is 14.2 Å². The Bertz CT molecular complexity index is 455. The van der Waals surface area contributed by atoms with Crippen molar-refractivity contribution in [2.45, 2.75) is 26.2 Å². The van der Waals surface area contributed by atoms with Crippen molar-refractivity contribution in [1.29, 1.82) is 0 Å². The molecule has 1 aromatic carbocycles. The van der Waals surface area contributed by atoms with E-state index in [1.54, 1.807) is 20.3 Å². The average Bonchev–Trinajstić information content (AvgIpc) is 2.49. The molecule has 0 aliphatic carbocycles. The molecule has 0 spiro atoms. The van der Waals surface area contributed by atoms with E-state index in [0.717, 1.165) is 31.4 Å². The number of hydrogen-bond donors (Lipinski definition) is 1. The van der Waals surface area contributed by atoms with E-state index in [-0.39, 0.29) is 5.91 Å². The van der Waals surface area contributed by atoms with Crippen LogP contribution in [0.1, 0.15) is 31.7 Å². The number of amides is 1. The van der Waals surface area contributed by atoms with Crippen LogP contribution in [0.25, 0.3) is 6.08 Å². The van der Waals surface area contributed by atoms with Gasteiger partial charge in [-0.3, -0.25) is 4.79 Å². The van der Waals surface area contributed by atoms with Crippen molar-refractivity contribution >= 4 is 12.0 Å². The highest BCUT2D eigenvalue weighted by Gasteiger charge is 2.03. The molecule has 4 heteroatoms. The summed E-state index contributed by atoms with van der Waals surface area (Å²) >= 11 is 0. The van der Waals surface area contributed by atoms with Crippen LogP contribution in [0.5, 0.6) is 11.5 Å². The number of nitrogens with one attached hydrogen (secondary N) is 1. The van der Waals surface area contributed by atoms with Gasteiger partial charge in [-0.05, 0) is 30.2 Å². The maximum atomic E-state index is 11.6. The van der Waals surface area contributed by atoms with Crippen molar-refractivity contribution in [3.05, 3.63) is 29.8 Å². The van der Waals surface area contributed by atoms with Crippen LogP contribution in [0.3, 0.4) is 0 Å². The Labute approximate surface area is 120 Å². The Morgan fingerprint density at radius 3 is 2.60 bits per heavy atom. The molecule has 1 amide bonds. The fourth-order valence-corrected chi connectivity index (χ4v) is 1.77. The fraction of sp³-hybridized carbons (Fsp3) is 0.438. The zero-order valence-corrected chi connectivity index (χ0v) is 12.4. The maximum Gasteiger partial charge on any atom is 0.243 e. The predicted octanol–water partition coefficient (Wildman–Crippen LogP) is 3.02. The maximum absolute atomic E-state index is 11.6. The Balaban J connectivity index is 2.54. The van der Waals surface area contributed by atoms with Gasteiger partial charge in [0.15, 0.2) is 11.5 Å². The van der Waals surface area contributed by atoms with E-state index in [1.165, 1.54) is 6.08 Å². The highest BCUT2D eigenvalue weighted by atomic mass is 16.5. The van der Waals surface area contributed by atoms with Gasteiger partial charge in [0.2, 0.25) is 5.91 Å². The first kappa shape index (κ1) is 16.1. The largest absolute Gasteiger partial charge is 0.493 e. The SMILES string of the molecule is CCCCCNC(=O)C=Cc1ccc(OC)c(OC)c1. The normalized spacial score (nSPS) is 10.6. The van der Waals surface area contributed by atoms with Gasteiger partial charge in [-0.2, -0.15) is 0 Å². The van der Waals surface area contributed by atoms with E-state index in [4.69, 9.17) is 9.47 Å². The quantitative estimate of drug-likeness (QED) is 0.587. The van der Waals surface area contributed by atoms with Crippen LogP contribution < -0.4 is 14.8 Å². The first-order chi connectivity index (χ1) is 9.71. The van der Waals surface area contributed by atoms with E-state index in [9.17, 15) is 4.79 Å². The zero-order chi connectivity index (χ0) is 14.8. The fourth-order valence-electron chi connectivity index (χ4n) is 1.77. The number of ether oxygens (including phenoxy) is 2.